The molecule has 0 unspecified atom stereocenters. The van der Waals surface area contributed by atoms with Crippen LogP contribution in [0.1, 0.15) is 38.7 Å². The zero-order valence-electron chi connectivity index (χ0n) is 14.7. The SMILES string of the molecule is CC.c1cc(CNSc2ccc(N3CC4(CCC4)C3)cc2)ccn1. The maximum Gasteiger partial charge on any atom is 0.0367 e. The number of rotatable bonds is 5. The van der Waals surface area contributed by atoms with Gasteiger partial charge in [0.2, 0.25) is 0 Å². The minimum atomic E-state index is 0.694. The highest BCUT2D eigenvalue weighted by molar-refractivity contribution is 7.97. The minimum Gasteiger partial charge on any atom is -0.370 e. The van der Waals surface area contributed by atoms with Crippen molar-refractivity contribution < 1.29 is 0 Å². The highest BCUT2D eigenvalue weighted by Gasteiger charge is 2.47. The normalized spacial score (nSPS) is 17.5. The topological polar surface area (TPSA) is 28.2 Å². The first-order valence-electron chi connectivity index (χ1n) is 8.97. The number of nitrogens with zero attached hydrogens (tertiary/aromatic N) is 2. The molecule has 1 N–H and O–H groups in total. The highest BCUT2D eigenvalue weighted by atomic mass is 32.2. The van der Waals surface area contributed by atoms with Gasteiger partial charge in [-0.15, -0.1) is 0 Å². The fraction of sp³-hybridized carbons (Fsp3) is 0.450. The van der Waals surface area contributed by atoms with Crippen LogP contribution in [0.5, 0.6) is 0 Å². The Morgan fingerprint density at radius 1 is 1.04 bits per heavy atom. The average molecular weight is 342 g/mol. The summed E-state index contributed by atoms with van der Waals surface area (Å²) < 4.78 is 3.40. The molecule has 2 aliphatic rings. The Morgan fingerprint density at radius 2 is 1.71 bits per heavy atom. The molecule has 0 radical (unpaired) electrons. The molecule has 3 nitrogen and oxygen atoms in total. The molecule has 1 aromatic carbocycles. The van der Waals surface area contributed by atoms with Gasteiger partial charge in [0.25, 0.3) is 0 Å². The fourth-order valence-electron chi connectivity index (χ4n) is 3.37. The van der Waals surface area contributed by atoms with Gasteiger partial charge >= 0.3 is 0 Å². The molecule has 1 saturated carbocycles. The van der Waals surface area contributed by atoms with Crippen LogP contribution < -0.4 is 9.62 Å². The van der Waals surface area contributed by atoms with Crippen molar-refractivity contribution in [2.24, 2.45) is 5.41 Å². The minimum absolute atomic E-state index is 0.694. The van der Waals surface area contributed by atoms with Crippen LogP contribution >= 0.6 is 11.9 Å². The van der Waals surface area contributed by atoms with Crippen LogP contribution in [-0.4, -0.2) is 18.1 Å². The largest absolute Gasteiger partial charge is 0.370 e. The second kappa shape index (κ2) is 8.04. The van der Waals surface area contributed by atoms with Gasteiger partial charge in [-0.3, -0.25) is 9.71 Å². The number of benzene rings is 1. The van der Waals surface area contributed by atoms with E-state index in [0.717, 1.165) is 6.54 Å². The maximum atomic E-state index is 4.03. The molecule has 2 fully saturated rings. The van der Waals surface area contributed by atoms with Crippen molar-refractivity contribution >= 4 is 17.6 Å². The van der Waals surface area contributed by atoms with Gasteiger partial charge in [-0.05, 0) is 66.8 Å². The van der Waals surface area contributed by atoms with Gasteiger partial charge in [0.1, 0.15) is 0 Å². The van der Waals surface area contributed by atoms with Crippen molar-refractivity contribution in [2.45, 2.75) is 44.6 Å². The van der Waals surface area contributed by atoms with E-state index in [2.05, 4.69) is 38.9 Å². The maximum absolute atomic E-state index is 4.03. The summed E-state index contributed by atoms with van der Waals surface area (Å²) in [7, 11) is 0. The standard InChI is InChI=1S/C18H21N3S.C2H6/c1-8-18(9-1)13-21(14-18)16-2-4-17(5-3-16)22-20-12-15-6-10-19-11-7-15;1-2/h2-7,10-11,20H,1,8-9,12-14H2;1-2H3. The Labute approximate surface area is 150 Å². The molecular weight excluding hydrogens is 314 g/mol. The summed E-state index contributed by atoms with van der Waals surface area (Å²) in [5.41, 5.74) is 3.32. The Hall–Kier alpha value is -1.52. The molecule has 128 valence electrons. The molecule has 1 saturated heterocycles. The van der Waals surface area contributed by atoms with E-state index in [9.17, 15) is 0 Å². The molecule has 1 spiro atoms. The first kappa shape index (κ1) is 17.3. The predicted molar refractivity (Wildman–Crippen MR) is 103 cm³/mol. The fourth-order valence-corrected chi connectivity index (χ4v) is 4.05. The summed E-state index contributed by atoms with van der Waals surface area (Å²) >= 11 is 1.69. The summed E-state index contributed by atoms with van der Waals surface area (Å²) in [6, 6.07) is 13.0. The lowest BCUT2D eigenvalue weighted by molar-refractivity contribution is 0.0904. The number of hydrogen-bond donors (Lipinski definition) is 1. The van der Waals surface area contributed by atoms with Crippen molar-refractivity contribution in [2.75, 3.05) is 18.0 Å². The van der Waals surface area contributed by atoms with E-state index in [1.807, 2.05) is 38.4 Å². The lowest BCUT2D eigenvalue weighted by Gasteiger charge is -2.57. The van der Waals surface area contributed by atoms with E-state index in [1.54, 1.807) is 11.9 Å². The molecule has 4 rings (SSSR count). The van der Waals surface area contributed by atoms with Crippen molar-refractivity contribution in [3.8, 4) is 0 Å². The van der Waals surface area contributed by atoms with Crippen LogP contribution in [-0.2, 0) is 6.54 Å². The lowest BCUT2D eigenvalue weighted by Crippen LogP contribution is -2.59. The average Bonchev–Trinajstić information content (AvgIpc) is 2.57. The summed E-state index contributed by atoms with van der Waals surface area (Å²) in [6.07, 6.45) is 7.98. The zero-order valence-corrected chi connectivity index (χ0v) is 15.5. The van der Waals surface area contributed by atoms with E-state index in [0.29, 0.717) is 5.41 Å². The van der Waals surface area contributed by atoms with Crippen LogP contribution in [0.4, 0.5) is 5.69 Å². The number of aromatic nitrogens is 1. The van der Waals surface area contributed by atoms with E-state index >= 15 is 0 Å². The molecule has 24 heavy (non-hydrogen) atoms. The second-order valence-corrected chi connectivity index (χ2v) is 7.45. The van der Waals surface area contributed by atoms with Crippen molar-refractivity contribution in [3.05, 3.63) is 54.4 Å². The molecule has 0 amide bonds. The monoisotopic (exact) mass is 341 g/mol. The molecule has 0 atom stereocenters. The number of anilines is 1. The predicted octanol–water partition coefficient (Wildman–Crippen LogP) is 4.90. The smallest absolute Gasteiger partial charge is 0.0367 e. The molecule has 2 aromatic rings. The van der Waals surface area contributed by atoms with Gasteiger partial charge < -0.3 is 4.90 Å². The Kier molecular flexibility index (Phi) is 5.80. The molecule has 1 aliphatic heterocycles. The summed E-state index contributed by atoms with van der Waals surface area (Å²) in [4.78, 5) is 7.81. The zero-order chi connectivity index (χ0) is 16.8. The van der Waals surface area contributed by atoms with Crippen LogP contribution in [0.15, 0.2) is 53.7 Å². The Morgan fingerprint density at radius 3 is 2.29 bits per heavy atom. The first-order valence-corrected chi connectivity index (χ1v) is 9.78. The van der Waals surface area contributed by atoms with Crippen LogP contribution in [0.3, 0.4) is 0 Å². The van der Waals surface area contributed by atoms with Crippen molar-refractivity contribution in [1.82, 2.24) is 9.71 Å². The van der Waals surface area contributed by atoms with Gasteiger partial charge in [-0.2, -0.15) is 0 Å². The molecule has 0 bridgehead atoms. The Balaban J connectivity index is 0.000000815. The van der Waals surface area contributed by atoms with Crippen molar-refractivity contribution in [1.29, 1.82) is 0 Å². The van der Waals surface area contributed by atoms with Gasteiger partial charge in [0.15, 0.2) is 0 Å². The molecule has 1 aliphatic carbocycles. The molecule has 1 aromatic heterocycles. The first-order chi connectivity index (χ1) is 11.8. The van der Waals surface area contributed by atoms with Gasteiger partial charge in [-0.25, -0.2) is 0 Å². The summed E-state index contributed by atoms with van der Waals surface area (Å²) in [6.45, 7) is 7.38. The van der Waals surface area contributed by atoms with E-state index < -0.39 is 0 Å². The third-order valence-corrected chi connectivity index (χ3v) is 5.68. The highest BCUT2D eigenvalue weighted by Crippen LogP contribution is 2.49. The second-order valence-electron chi connectivity index (χ2n) is 6.48. The van der Waals surface area contributed by atoms with Gasteiger partial charge in [0.05, 0.1) is 0 Å². The van der Waals surface area contributed by atoms with Crippen molar-refractivity contribution in [3.63, 3.8) is 0 Å². The van der Waals surface area contributed by atoms with E-state index in [4.69, 9.17) is 0 Å². The Bertz CT molecular complexity index is 615. The summed E-state index contributed by atoms with van der Waals surface area (Å²) in [5.74, 6) is 0. The molecule has 2 heterocycles. The third-order valence-electron chi connectivity index (χ3n) is 4.88. The quantitative estimate of drug-likeness (QED) is 0.783. The third kappa shape index (κ3) is 3.93. The summed E-state index contributed by atoms with van der Waals surface area (Å²) in [5, 5.41) is 0. The van der Waals surface area contributed by atoms with Gasteiger partial charge in [-0.1, -0.05) is 20.3 Å². The van der Waals surface area contributed by atoms with E-state index in [-0.39, 0.29) is 0 Å². The number of hydrogen-bond acceptors (Lipinski definition) is 4. The van der Waals surface area contributed by atoms with Crippen LogP contribution in [0.25, 0.3) is 0 Å². The van der Waals surface area contributed by atoms with Crippen LogP contribution in [0.2, 0.25) is 0 Å². The number of nitrogens with one attached hydrogen (secondary N) is 1. The molecule has 4 heteroatoms. The van der Waals surface area contributed by atoms with Gasteiger partial charge in [0, 0.05) is 48.0 Å². The van der Waals surface area contributed by atoms with E-state index in [1.165, 1.54) is 48.5 Å². The molecular formula is C20H27N3S. The number of pyridine rings is 1. The van der Waals surface area contributed by atoms with Crippen LogP contribution in [0, 0.1) is 5.41 Å². The lowest BCUT2D eigenvalue weighted by atomic mass is 9.63.